The Morgan fingerprint density at radius 1 is 1.27 bits per heavy atom. The molecule has 0 aromatic heterocycles. The molecule has 2 rings (SSSR count). The third kappa shape index (κ3) is 9.30. The summed E-state index contributed by atoms with van der Waals surface area (Å²) in [5, 5.41) is 3.11. The topological polar surface area (TPSA) is 62.8 Å². The lowest BCUT2D eigenvalue weighted by Crippen LogP contribution is -2.41. The first-order valence-corrected chi connectivity index (χ1v) is 12.8. The second kappa shape index (κ2) is 12.0. The Hall–Kier alpha value is -1.20. The molecule has 6 nitrogen and oxygen atoms in total. The van der Waals surface area contributed by atoms with Gasteiger partial charge in [0, 0.05) is 25.2 Å². The molecule has 1 aliphatic heterocycles. The van der Waals surface area contributed by atoms with Gasteiger partial charge in [-0.2, -0.15) is 5.48 Å². The summed E-state index contributed by atoms with van der Waals surface area (Å²) in [6.07, 6.45) is 2.22. The first-order valence-electron chi connectivity index (χ1n) is 11.1. The Morgan fingerprint density at radius 3 is 2.60 bits per heavy atom. The quantitative estimate of drug-likeness (QED) is 0.325. The standard InChI is InChI=1S/C23H40N3O3P/c1-18(2)30(6)29-25-12-15-26-13-10-19(11-14-26)17-24-22(27)20-8-7-9-21(16-20)28-23(3,4)5/h7-9,16,18-19,25H,10-15,17H2,1-6H3,(H,24,27). The van der Waals surface area contributed by atoms with Gasteiger partial charge in [0.25, 0.3) is 5.91 Å². The molecule has 1 unspecified atom stereocenters. The van der Waals surface area contributed by atoms with E-state index >= 15 is 0 Å². The number of nitrogens with zero attached hydrogens (tertiary/aromatic N) is 1. The number of nitrogens with one attached hydrogen (secondary N) is 2. The zero-order chi connectivity index (χ0) is 22.1. The molecule has 1 saturated heterocycles. The molecule has 1 aromatic rings. The summed E-state index contributed by atoms with van der Waals surface area (Å²) in [6, 6.07) is 7.42. The van der Waals surface area contributed by atoms with Crippen molar-refractivity contribution in [3.8, 4) is 5.75 Å². The van der Waals surface area contributed by atoms with E-state index in [9.17, 15) is 4.79 Å². The minimum absolute atomic E-state index is 0.0284. The summed E-state index contributed by atoms with van der Waals surface area (Å²) in [4.78, 5) is 15.0. The molecule has 30 heavy (non-hydrogen) atoms. The van der Waals surface area contributed by atoms with Gasteiger partial charge in [0.1, 0.15) is 11.4 Å². The van der Waals surface area contributed by atoms with Crippen LogP contribution in [0.1, 0.15) is 57.8 Å². The maximum Gasteiger partial charge on any atom is 0.251 e. The Labute approximate surface area is 183 Å². The fourth-order valence-corrected chi connectivity index (χ4v) is 3.77. The summed E-state index contributed by atoms with van der Waals surface area (Å²) in [7, 11) is -0.393. The number of carbonyl (C=O) groups is 1. The van der Waals surface area contributed by atoms with Gasteiger partial charge in [0.2, 0.25) is 0 Å². The normalized spacial score (nSPS) is 17.2. The number of hydrogen-bond acceptors (Lipinski definition) is 5. The van der Waals surface area contributed by atoms with E-state index in [-0.39, 0.29) is 11.5 Å². The third-order valence-corrected chi connectivity index (χ3v) is 7.12. The van der Waals surface area contributed by atoms with Crippen LogP contribution in [0, 0.1) is 5.92 Å². The molecule has 0 bridgehead atoms. The second-order valence-electron chi connectivity index (χ2n) is 9.36. The molecule has 0 saturated carbocycles. The van der Waals surface area contributed by atoms with E-state index in [0.717, 1.165) is 51.3 Å². The lowest BCUT2D eigenvalue weighted by Gasteiger charge is -2.32. The van der Waals surface area contributed by atoms with Crippen molar-refractivity contribution < 1.29 is 14.2 Å². The van der Waals surface area contributed by atoms with Gasteiger partial charge in [-0.3, -0.25) is 9.42 Å². The van der Waals surface area contributed by atoms with E-state index in [0.29, 0.717) is 17.1 Å². The van der Waals surface area contributed by atoms with Crippen molar-refractivity contribution in [2.45, 2.75) is 58.7 Å². The number of amides is 1. The molecule has 1 aromatic carbocycles. The Bertz CT molecular complexity index is 655. The summed E-state index contributed by atoms with van der Waals surface area (Å²) in [5.74, 6) is 1.23. The minimum atomic E-state index is -0.393. The van der Waals surface area contributed by atoms with Crippen molar-refractivity contribution in [2.75, 3.05) is 39.4 Å². The van der Waals surface area contributed by atoms with Crippen LogP contribution < -0.4 is 15.5 Å². The number of ether oxygens (including phenoxy) is 1. The molecule has 1 aliphatic rings. The van der Waals surface area contributed by atoms with Crippen LogP contribution in [-0.2, 0) is 4.62 Å². The second-order valence-corrected chi connectivity index (χ2v) is 11.7. The average Bonchev–Trinajstić information content (AvgIpc) is 2.69. The van der Waals surface area contributed by atoms with Crippen LogP contribution in [0.15, 0.2) is 24.3 Å². The smallest absolute Gasteiger partial charge is 0.251 e. The molecule has 0 aliphatic carbocycles. The van der Waals surface area contributed by atoms with E-state index in [1.807, 2.05) is 45.0 Å². The Kier molecular flexibility index (Phi) is 10.0. The zero-order valence-corrected chi connectivity index (χ0v) is 20.4. The molecule has 0 radical (unpaired) electrons. The summed E-state index contributed by atoms with van der Waals surface area (Å²) in [5.41, 5.74) is 4.07. The average molecular weight is 438 g/mol. The SMILES string of the molecule is CC(C)P(C)ONCCN1CCC(CNC(=O)c2cccc(OC(C)(C)C)c2)CC1. The first kappa shape index (κ1) is 25.1. The fraction of sp³-hybridized carbons (Fsp3) is 0.696. The number of hydroxylamine groups is 1. The number of rotatable bonds is 10. The summed E-state index contributed by atoms with van der Waals surface area (Å²) < 4.78 is 11.6. The van der Waals surface area contributed by atoms with E-state index < -0.39 is 8.15 Å². The van der Waals surface area contributed by atoms with Gasteiger partial charge < -0.3 is 15.0 Å². The van der Waals surface area contributed by atoms with E-state index in [1.165, 1.54) is 0 Å². The highest BCUT2D eigenvalue weighted by Crippen LogP contribution is 2.36. The first-order chi connectivity index (χ1) is 14.1. The lowest BCUT2D eigenvalue weighted by atomic mass is 9.96. The van der Waals surface area contributed by atoms with Crippen LogP contribution in [0.3, 0.4) is 0 Å². The van der Waals surface area contributed by atoms with Gasteiger partial charge in [-0.25, -0.2) is 0 Å². The van der Waals surface area contributed by atoms with E-state index in [4.69, 9.17) is 9.36 Å². The molecule has 1 heterocycles. The van der Waals surface area contributed by atoms with Crippen LogP contribution in [0.4, 0.5) is 0 Å². The molecule has 7 heteroatoms. The maximum absolute atomic E-state index is 12.5. The molecule has 2 N–H and O–H groups in total. The Balaban J connectivity index is 1.66. The summed E-state index contributed by atoms with van der Waals surface area (Å²) in [6.45, 7) is 17.3. The van der Waals surface area contributed by atoms with Crippen LogP contribution >= 0.6 is 8.15 Å². The van der Waals surface area contributed by atoms with Crippen molar-refractivity contribution in [3.05, 3.63) is 29.8 Å². The van der Waals surface area contributed by atoms with E-state index in [2.05, 4.69) is 36.2 Å². The van der Waals surface area contributed by atoms with Crippen LogP contribution in [0.25, 0.3) is 0 Å². The number of hydrogen-bond donors (Lipinski definition) is 2. The molecule has 170 valence electrons. The fourth-order valence-electron chi connectivity index (χ4n) is 3.26. The van der Waals surface area contributed by atoms with Crippen molar-refractivity contribution in [1.29, 1.82) is 0 Å². The largest absolute Gasteiger partial charge is 0.488 e. The molecule has 0 spiro atoms. The highest BCUT2D eigenvalue weighted by Gasteiger charge is 2.20. The van der Waals surface area contributed by atoms with Crippen LogP contribution in [0.2, 0.25) is 0 Å². The number of carbonyl (C=O) groups excluding carboxylic acids is 1. The third-order valence-electron chi connectivity index (χ3n) is 5.24. The lowest BCUT2D eigenvalue weighted by molar-refractivity contribution is 0.0931. The summed E-state index contributed by atoms with van der Waals surface area (Å²) >= 11 is 0. The van der Waals surface area contributed by atoms with Crippen molar-refractivity contribution >= 4 is 14.1 Å². The molecule has 1 fully saturated rings. The van der Waals surface area contributed by atoms with Gasteiger partial charge in [-0.1, -0.05) is 19.9 Å². The van der Waals surface area contributed by atoms with Crippen molar-refractivity contribution in [2.24, 2.45) is 5.92 Å². The Morgan fingerprint density at radius 2 is 1.97 bits per heavy atom. The molecular formula is C23H40N3O3P. The zero-order valence-electron chi connectivity index (χ0n) is 19.5. The van der Waals surface area contributed by atoms with Crippen molar-refractivity contribution in [1.82, 2.24) is 15.7 Å². The highest BCUT2D eigenvalue weighted by atomic mass is 31.1. The molecular weight excluding hydrogens is 397 g/mol. The van der Waals surface area contributed by atoms with Crippen molar-refractivity contribution in [3.63, 3.8) is 0 Å². The molecule has 1 atom stereocenters. The van der Waals surface area contributed by atoms with Gasteiger partial charge in [-0.05, 0) is 83.1 Å². The number of piperidine rings is 1. The van der Waals surface area contributed by atoms with Crippen LogP contribution in [0.5, 0.6) is 5.75 Å². The van der Waals surface area contributed by atoms with Gasteiger partial charge in [-0.15, -0.1) is 0 Å². The maximum atomic E-state index is 12.5. The number of benzene rings is 1. The van der Waals surface area contributed by atoms with E-state index in [1.54, 1.807) is 0 Å². The highest BCUT2D eigenvalue weighted by molar-refractivity contribution is 7.52. The van der Waals surface area contributed by atoms with Crippen LogP contribution in [-0.4, -0.2) is 61.5 Å². The minimum Gasteiger partial charge on any atom is -0.488 e. The predicted molar refractivity (Wildman–Crippen MR) is 125 cm³/mol. The predicted octanol–water partition coefficient (Wildman–Crippen LogP) is 4.26. The van der Waals surface area contributed by atoms with Gasteiger partial charge in [0.15, 0.2) is 0 Å². The molecule has 1 amide bonds. The van der Waals surface area contributed by atoms with Gasteiger partial charge >= 0.3 is 0 Å². The number of likely N-dealkylation sites (tertiary alicyclic amines) is 1. The monoisotopic (exact) mass is 437 g/mol. The van der Waals surface area contributed by atoms with Gasteiger partial charge in [0.05, 0.1) is 8.15 Å².